The minimum absolute atomic E-state index is 0.211. The lowest BCUT2D eigenvalue weighted by molar-refractivity contribution is -0.120. The second kappa shape index (κ2) is 10.6. The van der Waals surface area contributed by atoms with Crippen molar-refractivity contribution in [1.82, 2.24) is 0 Å². The number of nitrogens with zero attached hydrogens (tertiary/aromatic N) is 1. The van der Waals surface area contributed by atoms with Gasteiger partial charge in [0.15, 0.2) is 0 Å². The third-order valence-corrected chi connectivity index (χ3v) is 5.63. The van der Waals surface area contributed by atoms with Gasteiger partial charge in [0.2, 0.25) is 0 Å². The first-order chi connectivity index (χ1) is 17.7. The molecular weight excluding hydrogens is 501 g/mol. The Labute approximate surface area is 216 Å². The minimum Gasteiger partial charge on any atom is -0.459 e. The van der Waals surface area contributed by atoms with Gasteiger partial charge in [0, 0.05) is 11.3 Å². The number of esters is 1. The SMILES string of the molecule is CC(C)OC(=O)c1ccccc1NC(=O)c1ccc(NC2=C(Cl)C(=O)N(c3ccccc3F)C2=O)cc1. The van der Waals surface area contributed by atoms with Crippen LogP contribution in [0.15, 0.2) is 83.5 Å². The largest absolute Gasteiger partial charge is 0.459 e. The van der Waals surface area contributed by atoms with Crippen LogP contribution >= 0.6 is 11.6 Å². The molecule has 37 heavy (non-hydrogen) atoms. The number of rotatable bonds is 7. The van der Waals surface area contributed by atoms with E-state index in [0.717, 1.165) is 6.07 Å². The fourth-order valence-electron chi connectivity index (χ4n) is 3.55. The zero-order chi connectivity index (χ0) is 26.7. The van der Waals surface area contributed by atoms with E-state index in [2.05, 4.69) is 10.6 Å². The predicted molar refractivity (Wildman–Crippen MR) is 137 cm³/mol. The van der Waals surface area contributed by atoms with Crippen LogP contribution in [0.1, 0.15) is 34.6 Å². The molecule has 0 saturated heterocycles. The standard InChI is InChI=1S/C27H21ClFN3O5/c1-15(2)37-27(36)18-7-3-5-9-20(18)31-24(33)16-11-13-17(14-12-16)30-23-22(28)25(34)32(26(23)35)21-10-6-4-8-19(21)29/h3-15,30H,1-2H3,(H,31,33). The molecule has 3 aromatic rings. The Morgan fingerprint density at radius 2 is 1.57 bits per heavy atom. The molecule has 10 heteroatoms. The number of carbonyl (C=O) groups is 4. The lowest BCUT2D eigenvalue weighted by atomic mass is 10.1. The Morgan fingerprint density at radius 1 is 0.919 bits per heavy atom. The highest BCUT2D eigenvalue weighted by atomic mass is 35.5. The van der Waals surface area contributed by atoms with E-state index in [0.29, 0.717) is 16.3 Å². The third kappa shape index (κ3) is 5.36. The zero-order valence-corrected chi connectivity index (χ0v) is 20.5. The quantitative estimate of drug-likeness (QED) is 0.332. The summed E-state index contributed by atoms with van der Waals surface area (Å²) in [5.74, 6) is -3.46. The fourth-order valence-corrected chi connectivity index (χ4v) is 3.77. The van der Waals surface area contributed by atoms with Gasteiger partial charge in [-0.2, -0.15) is 0 Å². The first-order valence-electron chi connectivity index (χ1n) is 11.2. The van der Waals surface area contributed by atoms with Gasteiger partial charge < -0.3 is 15.4 Å². The molecule has 0 aromatic heterocycles. The molecule has 0 spiro atoms. The number of para-hydroxylation sites is 2. The highest BCUT2D eigenvalue weighted by molar-refractivity contribution is 6.53. The summed E-state index contributed by atoms with van der Waals surface area (Å²) in [5.41, 5.74) is 0.706. The molecule has 0 fully saturated rings. The molecule has 2 N–H and O–H groups in total. The van der Waals surface area contributed by atoms with E-state index in [1.807, 2.05) is 0 Å². The predicted octanol–water partition coefficient (Wildman–Crippen LogP) is 5.08. The highest BCUT2D eigenvalue weighted by Crippen LogP contribution is 2.31. The topological polar surface area (TPSA) is 105 Å². The molecule has 188 valence electrons. The Bertz CT molecular complexity index is 1440. The maximum atomic E-state index is 14.2. The number of amides is 3. The second-order valence-corrected chi connectivity index (χ2v) is 8.62. The lowest BCUT2D eigenvalue weighted by Crippen LogP contribution is -2.33. The fraction of sp³-hybridized carbons (Fsp3) is 0.111. The number of nitrogens with one attached hydrogen (secondary N) is 2. The Kier molecular flexibility index (Phi) is 7.35. The molecule has 0 radical (unpaired) electrons. The first kappa shape index (κ1) is 25.6. The van der Waals surface area contributed by atoms with Crippen molar-refractivity contribution in [3.05, 3.63) is 100 Å². The van der Waals surface area contributed by atoms with Crippen molar-refractivity contribution >= 4 is 52.4 Å². The summed E-state index contributed by atoms with van der Waals surface area (Å²) in [6.45, 7) is 3.45. The molecule has 0 saturated carbocycles. The van der Waals surface area contributed by atoms with E-state index in [1.165, 1.54) is 42.5 Å². The summed E-state index contributed by atoms with van der Waals surface area (Å²) in [7, 11) is 0. The van der Waals surface area contributed by atoms with Crippen LogP contribution in [0.5, 0.6) is 0 Å². The van der Waals surface area contributed by atoms with E-state index in [-0.39, 0.29) is 33.6 Å². The van der Waals surface area contributed by atoms with Crippen LogP contribution in [0.25, 0.3) is 0 Å². The van der Waals surface area contributed by atoms with Gasteiger partial charge in [0.05, 0.1) is 23.0 Å². The molecule has 0 bridgehead atoms. The van der Waals surface area contributed by atoms with Crippen molar-refractivity contribution in [3.8, 4) is 0 Å². The lowest BCUT2D eigenvalue weighted by Gasteiger charge is -2.15. The average molecular weight is 522 g/mol. The van der Waals surface area contributed by atoms with E-state index >= 15 is 0 Å². The van der Waals surface area contributed by atoms with Gasteiger partial charge in [-0.25, -0.2) is 14.1 Å². The molecule has 1 heterocycles. The summed E-state index contributed by atoms with van der Waals surface area (Å²) in [6.07, 6.45) is -0.319. The van der Waals surface area contributed by atoms with Gasteiger partial charge in [0.25, 0.3) is 17.7 Å². The van der Waals surface area contributed by atoms with Gasteiger partial charge in [-0.3, -0.25) is 14.4 Å². The average Bonchev–Trinajstić information content (AvgIpc) is 3.07. The molecule has 8 nitrogen and oxygen atoms in total. The third-order valence-electron chi connectivity index (χ3n) is 5.28. The van der Waals surface area contributed by atoms with Crippen LogP contribution in [0.3, 0.4) is 0 Å². The molecule has 4 rings (SSSR count). The molecule has 0 aliphatic carbocycles. The smallest absolute Gasteiger partial charge is 0.340 e. The molecular formula is C27H21ClFN3O5. The van der Waals surface area contributed by atoms with Crippen LogP contribution in [0.4, 0.5) is 21.5 Å². The normalized spacial score (nSPS) is 13.3. The van der Waals surface area contributed by atoms with E-state index in [1.54, 1.807) is 38.1 Å². The summed E-state index contributed by atoms with van der Waals surface area (Å²) in [6, 6.07) is 17.8. The van der Waals surface area contributed by atoms with Gasteiger partial charge >= 0.3 is 5.97 Å². The maximum absolute atomic E-state index is 14.2. The summed E-state index contributed by atoms with van der Waals surface area (Å²) >= 11 is 6.09. The number of hydrogen-bond acceptors (Lipinski definition) is 6. The van der Waals surface area contributed by atoms with Crippen LogP contribution in [-0.2, 0) is 14.3 Å². The maximum Gasteiger partial charge on any atom is 0.340 e. The number of ether oxygens (including phenoxy) is 1. The van der Waals surface area contributed by atoms with Gasteiger partial charge in [-0.1, -0.05) is 35.9 Å². The number of imide groups is 1. The highest BCUT2D eigenvalue weighted by Gasteiger charge is 2.40. The van der Waals surface area contributed by atoms with Gasteiger partial charge in [-0.05, 0) is 62.4 Å². The second-order valence-electron chi connectivity index (χ2n) is 8.24. The van der Waals surface area contributed by atoms with E-state index in [9.17, 15) is 23.6 Å². The molecule has 1 aliphatic heterocycles. The van der Waals surface area contributed by atoms with Crippen LogP contribution in [-0.4, -0.2) is 29.8 Å². The monoisotopic (exact) mass is 521 g/mol. The van der Waals surface area contributed by atoms with E-state index < -0.39 is 29.5 Å². The molecule has 1 aliphatic rings. The summed E-state index contributed by atoms with van der Waals surface area (Å²) < 4.78 is 19.4. The number of carbonyl (C=O) groups excluding carboxylic acids is 4. The number of benzene rings is 3. The van der Waals surface area contributed by atoms with Crippen molar-refractivity contribution < 1.29 is 28.3 Å². The molecule has 0 atom stereocenters. The zero-order valence-electron chi connectivity index (χ0n) is 19.7. The Morgan fingerprint density at radius 3 is 2.24 bits per heavy atom. The van der Waals surface area contributed by atoms with Crippen molar-refractivity contribution in [2.24, 2.45) is 0 Å². The number of halogens is 2. The first-order valence-corrected chi connectivity index (χ1v) is 11.6. The van der Waals surface area contributed by atoms with Crippen LogP contribution in [0.2, 0.25) is 0 Å². The Hall–Kier alpha value is -4.50. The minimum atomic E-state index is -0.857. The van der Waals surface area contributed by atoms with Crippen molar-refractivity contribution in [2.45, 2.75) is 20.0 Å². The molecule has 0 unspecified atom stereocenters. The summed E-state index contributed by atoms with van der Waals surface area (Å²) in [4.78, 5) is 51.2. The van der Waals surface area contributed by atoms with Crippen LogP contribution in [0, 0.1) is 5.82 Å². The number of hydrogen-bond donors (Lipinski definition) is 2. The molecule has 3 amide bonds. The van der Waals surface area contributed by atoms with Crippen molar-refractivity contribution in [3.63, 3.8) is 0 Å². The van der Waals surface area contributed by atoms with Crippen molar-refractivity contribution in [2.75, 3.05) is 15.5 Å². The Balaban J connectivity index is 1.48. The number of anilines is 3. The van der Waals surface area contributed by atoms with Gasteiger partial charge in [-0.15, -0.1) is 0 Å². The van der Waals surface area contributed by atoms with Crippen LogP contribution < -0.4 is 15.5 Å². The van der Waals surface area contributed by atoms with Crippen molar-refractivity contribution in [1.29, 1.82) is 0 Å². The summed E-state index contributed by atoms with van der Waals surface area (Å²) in [5, 5.41) is 5.07. The molecule has 3 aromatic carbocycles. The van der Waals surface area contributed by atoms with E-state index in [4.69, 9.17) is 16.3 Å². The van der Waals surface area contributed by atoms with Gasteiger partial charge in [0.1, 0.15) is 16.5 Å².